The van der Waals surface area contributed by atoms with Gasteiger partial charge in [0, 0.05) is 17.2 Å². The summed E-state index contributed by atoms with van der Waals surface area (Å²) < 4.78 is 83.8. The second-order valence-electron chi connectivity index (χ2n) is 8.47. The summed E-state index contributed by atoms with van der Waals surface area (Å²) in [4.78, 5) is -0.506. The highest BCUT2D eigenvalue weighted by Crippen LogP contribution is 2.45. The van der Waals surface area contributed by atoms with Crippen LogP contribution in [0.4, 0.5) is 23.2 Å². The maximum absolute atomic E-state index is 14.7. The van der Waals surface area contributed by atoms with E-state index in [-0.39, 0.29) is 28.8 Å². The first-order valence-electron chi connectivity index (χ1n) is 10.6. The fraction of sp³-hybridized carbons (Fsp3) is 0.455. The van der Waals surface area contributed by atoms with Crippen molar-refractivity contribution in [2.45, 2.75) is 61.4 Å². The van der Waals surface area contributed by atoms with E-state index in [4.69, 9.17) is 0 Å². The van der Waals surface area contributed by atoms with Crippen molar-refractivity contribution in [3.05, 3.63) is 58.4 Å². The van der Waals surface area contributed by atoms with Crippen molar-refractivity contribution < 1.29 is 36.2 Å². The Hall–Kier alpha value is -2.21. The second kappa shape index (κ2) is 8.86. The molecule has 180 valence electrons. The highest BCUT2D eigenvalue weighted by Gasteiger charge is 2.36. The van der Waals surface area contributed by atoms with E-state index in [0.29, 0.717) is 31.4 Å². The van der Waals surface area contributed by atoms with Crippen LogP contribution in [0.1, 0.15) is 72.6 Å². The third kappa shape index (κ3) is 5.16. The minimum atomic E-state index is -4.69. The van der Waals surface area contributed by atoms with E-state index in [0.717, 1.165) is 37.1 Å². The van der Waals surface area contributed by atoms with Crippen LogP contribution in [-0.2, 0) is 16.2 Å². The predicted octanol–water partition coefficient (Wildman–Crippen LogP) is 4.32. The number of halogens is 4. The number of nitrogens with one attached hydrogen (secondary N) is 2. The monoisotopic (exact) mass is 488 g/mol. The molecule has 1 aliphatic heterocycles. The molecule has 0 spiro atoms. The summed E-state index contributed by atoms with van der Waals surface area (Å²) in [5.41, 5.74) is -1.38. The summed E-state index contributed by atoms with van der Waals surface area (Å²) in [6, 6.07) is 4.36. The van der Waals surface area contributed by atoms with E-state index in [2.05, 4.69) is 10.0 Å². The Morgan fingerprint density at radius 1 is 1.06 bits per heavy atom. The molecule has 1 aliphatic carbocycles. The van der Waals surface area contributed by atoms with Crippen LogP contribution in [0.15, 0.2) is 35.2 Å². The summed E-state index contributed by atoms with van der Waals surface area (Å²) in [5, 5.41) is 22.1. The van der Waals surface area contributed by atoms with Gasteiger partial charge in [-0.2, -0.15) is 13.2 Å². The number of rotatable bonds is 6. The summed E-state index contributed by atoms with van der Waals surface area (Å²) in [5.74, 6) is -1.26. The summed E-state index contributed by atoms with van der Waals surface area (Å²) in [6.07, 6.45) is -3.34. The molecule has 1 atom stereocenters. The number of benzene rings is 2. The standard InChI is InChI=1S/C22H24F4N2O4S/c23-16-9-13(21(29)30)10-19(20(16)12-4-5-12)33(31,32)28-18-11-14(22(24,25)26)6-7-15(18)17-3-1-2-8-27-17/h6-7,9-12,17,21,27-30H,1-5,8H2. The van der Waals surface area contributed by atoms with Crippen molar-refractivity contribution in [1.29, 1.82) is 0 Å². The number of piperidine rings is 1. The number of hydrogen-bond donors (Lipinski definition) is 4. The van der Waals surface area contributed by atoms with Crippen molar-refractivity contribution in [2.75, 3.05) is 11.3 Å². The van der Waals surface area contributed by atoms with Crippen LogP contribution in [0.2, 0.25) is 0 Å². The number of aliphatic hydroxyl groups excluding tert-OH is 1. The quantitative estimate of drug-likeness (QED) is 0.359. The van der Waals surface area contributed by atoms with Crippen LogP contribution in [0.25, 0.3) is 0 Å². The van der Waals surface area contributed by atoms with Gasteiger partial charge < -0.3 is 15.5 Å². The highest BCUT2D eigenvalue weighted by atomic mass is 32.2. The largest absolute Gasteiger partial charge is 0.416 e. The molecule has 0 amide bonds. The zero-order chi connectivity index (χ0) is 24.0. The number of anilines is 1. The molecule has 1 saturated heterocycles. The lowest BCUT2D eigenvalue weighted by Gasteiger charge is -2.27. The van der Waals surface area contributed by atoms with Gasteiger partial charge in [-0.15, -0.1) is 0 Å². The van der Waals surface area contributed by atoms with Gasteiger partial charge in [0.05, 0.1) is 16.1 Å². The van der Waals surface area contributed by atoms with Gasteiger partial charge in [-0.05, 0) is 68.0 Å². The maximum atomic E-state index is 14.7. The summed E-state index contributed by atoms with van der Waals surface area (Å²) >= 11 is 0. The van der Waals surface area contributed by atoms with Gasteiger partial charge in [0.25, 0.3) is 10.0 Å². The molecule has 2 fully saturated rings. The Labute approximate surface area is 188 Å². The third-order valence-electron chi connectivity index (χ3n) is 6.00. The molecule has 0 bridgehead atoms. The molecule has 33 heavy (non-hydrogen) atoms. The van der Waals surface area contributed by atoms with E-state index in [1.165, 1.54) is 6.07 Å². The number of alkyl halides is 3. The average molecular weight is 489 g/mol. The van der Waals surface area contributed by atoms with Gasteiger partial charge in [-0.1, -0.05) is 12.5 Å². The molecule has 6 nitrogen and oxygen atoms in total. The Morgan fingerprint density at radius 3 is 2.36 bits per heavy atom. The highest BCUT2D eigenvalue weighted by molar-refractivity contribution is 7.92. The molecular formula is C22H24F4N2O4S. The van der Waals surface area contributed by atoms with E-state index in [1.807, 2.05) is 0 Å². The van der Waals surface area contributed by atoms with Gasteiger partial charge in [-0.25, -0.2) is 12.8 Å². The molecular weight excluding hydrogens is 464 g/mol. The van der Waals surface area contributed by atoms with Crippen molar-refractivity contribution in [3.63, 3.8) is 0 Å². The zero-order valence-corrected chi connectivity index (χ0v) is 18.3. The molecule has 4 rings (SSSR count). The van der Waals surface area contributed by atoms with Gasteiger partial charge in [0.15, 0.2) is 6.29 Å². The zero-order valence-electron chi connectivity index (χ0n) is 17.5. The second-order valence-corrected chi connectivity index (χ2v) is 10.1. The molecule has 1 unspecified atom stereocenters. The number of sulfonamides is 1. The molecule has 1 saturated carbocycles. The minimum Gasteiger partial charge on any atom is -0.364 e. The lowest BCUT2D eigenvalue weighted by atomic mass is 9.95. The maximum Gasteiger partial charge on any atom is 0.416 e. The fourth-order valence-electron chi connectivity index (χ4n) is 4.19. The van der Waals surface area contributed by atoms with E-state index in [1.54, 1.807) is 0 Å². The van der Waals surface area contributed by atoms with Crippen molar-refractivity contribution >= 4 is 15.7 Å². The van der Waals surface area contributed by atoms with Crippen LogP contribution in [-0.4, -0.2) is 25.2 Å². The third-order valence-corrected chi connectivity index (χ3v) is 7.40. The lowest BCUT2D eigenvalue weighted by Crippen LogP contribution is -2.28. The summed E-state index contributed by atoms with van der Waals surface area (Å²) in [6.45, 7) is 0.644. The Kier molecular flexibility index (Phi) is 6.43. The Morgan fingerprint density at radius 2 is 1.79 bits per heavy atom. The van der Waals surface area contributed by atoms with Crippen molar-refractivity contribution in [1.82, 2.24) is 5.32 Å². The summed E-state index contributed by atoms with van der Waals surface area (Å²) in [7, 11) is -4.56. The first-order valence-corrected chi connectivity index (χ1v) is 12.1. The van der Waals surface area contributed by atoms with Gasteiger partial charge in [0.2, 0.25) is 0 Å². The van der Waals surface area contributed by atoms with Crippen LogP contribution in [0.5, 0.6) is 0 Å². The van der Waals surface area contributed by atoms with Crippen molar-refractivity contribution in [2.24, 2.45) is 0 Å². The number of hydrogen-bond acceptors (Lipinski definition) is 5. The van der Waals surface area contributed by atoms with E-state index < -0.39 is 38.8 Å². The topological polar surface area (TPSA) is 98.7 Å². The molecule has 0 radical (unpaired) electrons. The normalized spacial score (nSPS) is 19.7. The smallest absolute Gasteiger partial charge is 0.364 e. The van der Waals surface area contributed by atoms with Crippen LogP contribution >= 0.6 is 0 Å². The molecule has 2 aliphatic rings. The van der Waals surface area contributed by atoms with Crippen LogP contribution < -0.4 is 10.0 Å². The lowest BCUT2D eigenvalue weighted by molar-refractivity contribution is -0.137. The molecule has 0 aromatic heterocycles. The fourth-order valence-corrected chi connectivity index (χ4v) is 5.62. The van der Waals surface area contributed by atoms with E-state index >= 15 is 0 Å². The van der Waals surface area contributed by atoms with Crippen LogP contribution in [0.3, 0.4) is 0 Å². The Bertz CT molecular complexity index is 1140. The molecule has 4 N–H and O–H groups in total. The molecule has 2 aromatic carbocycles. The molecule has 1 heterocycles. The number of aliphatic hydroxyl groups is 2. The predicted molar refractivity (Wildman–Crippen MR) is 112 cm³/mol. The van der Waals surface area contributed by atoms with Crippen molar-refractivity contribution in [3.8, 4) is 0 Å². The van der Waals surface area contributed by atoms with E-state index in [9.17, 15) is 36.2 Å². The Balaban J connectivity index is 1.81. The first-order chi connectivity index (χ1) is 15.5. The first kappa shape index (κ1) is 23.9. The average Bonchev–Trinajstić information content (AvgIpc) is 3.58. The van der Waals surface area contributed by atoms with Gasteiger partial charge in [-0.3, -0.25) is 4.72 Å². The van der Waals surface area contributed by atoms with Gasteiger partial charge >= 0.3 is 6.18 Å². The molecule has 11 heteroatoms. The molecule has 2 aromatic rings. The van der Waals surface area contributed by atoms with Crippen LogP contribution in [0, 0.1) is 5.82 Å². The SMILES string of the molecule is O=S(=O)(Nc1cc(C(F)(F)F)ccc1C1CCCCN1)c1cc(C(O)O)cc(F)c1C1CC1. The van der Waals surface area contributed by atoms with Gasteiger partial charge in [0.1, 0.15) is 5.82 Å². The minimum absolute atomic E-state index is 0.101.